The van der Waals surface area contributed by atoms with E-state index in [1.807, 2.05) is 53.1 Å². The molecule has 0 bridgehead atoms. The van der Waals surface area contributed by atoms with Crippen LogP contribution in [0.3, 0.4) is 0 Å². The summed E-state index contributed by atoms with van der Waals surface area (Å²) in [6.07, 6.45) is 3.79. The van der Waals surface area contributed by atoms with E-state index < -0.39 is 0 Å². The number of ether oxygens (including phenoxy) is 1. The maximum Gasteiger partial charge on any atom is 0.191 e. The number of nitrogens with zero attached hydrogens (tertiary/aromatic N) is 4. The van der Waals surface area contributed by atoms with Crippen LogP contribution in [0.2, 0.25) is 0 Å². The molecule has 0 atom stereocenters. The van der Waals surface area contributed by atoms with Crippen molar-refractivity contribution in [1.82, 2.24) is 25.2 Å². The minimum absolute atomic E-state index is 0.707. The first-order valence-electron chi connectivity index (χ1n) is 8.66. The third-order valence-electron chi connectivity index (χ3n) is 4.10. The van der Waals surface area contributed by atoms with E-state index in [0.29, 0.717) is 6.54 Å². The molecule has 1 aromatic carbocycles. The predicted octanol–water partition coefficient (Wildman–Crippen LogP) is 2.04. The van der Waals surface area contributed by atoms with Gasteiger partial charge in [-0.2, -0.15) is 0 Å². The number of rotatable bonds is 7. The van der Waals surface area contributed by atoms with E-state index in [2.05, 4.69) is 25.8 Å². The van der Waals surface area contributed by atoms with Crippen molar-refractivity contribution < 1.29 is 4.74 Å². The summed E-state index contributed by atoms with van der Waals surface area (Å²) in [4.78, 5) is 4.26. The van der Waals surface area contributed by atoms with Gasteiger partial charge in [0, 0.05) is 32.8 Å². The Balaban J connectivity index is 1.42. The van der Waals surface area contributed by atoms with Crippen molar-refractivity contribution in [3.63, 3.8) is 0 Å². The first-order chi connectivity index (χ1) is 12.8. The van der Waals surface area contributed by atoms with E-state index >= 15 is 0 Å². The number of pyridine rings is 1. The lowest BCUT2D eigenvalue weighted by Crippen LogP contribution is -2.37. The van der Waals surface area contributed by atoms with Gasteiger partial charge in [0.2, 0.25) is 0 Å². The van der Waals surface area contributed by atoms with Crippen LogP contribution in [0.25, 0.3) is 5.65 Å². The molecule has 7 heteroatoms. The Hall–Kier alpha value is -3.09. The average Bonchev–Trinajstić information content (AvgIpc) is 3.11. The zero-order valence-electron chi connectivity index (χ0n) is 15.1. The summed E-state index contributed by atoms with van der Waals surface area (Å²) in [5.41, 5.74) is 2.05. The molecular formula is C19H24N6O. The van der Waals surface area contributed by atoms with Gasteiger partial charge in [0.1, 0.15) is 11.6 Å². The molecule has 0 spiro atoms. The molecule has 0 fully saturated rings. The molecule has 0 aliphatic carbocycles. The molecule has 0 unspecified atom stereocenters. The van der Waals surface area contributed by atoms with Crippen LogP contribution in [-0.2, 0) is 13.0 Å². The van der Waals surface area contributed by atoms with Crippen molar-refractivity contribution >= 4 is 11.6 Å². The van der Waals surface area contributed by atoms with Gasteiger partial charge in [0.05, 0.1) is 7.11 Å². The Labute approximate surface area is 153 Å². The Morgan fingerprint density at radius 2 is 1.96 bits per heavy atom. The Morgan fingerprint density at radius 3 is 2.73 bits per heavy atom. The first-order valence-corrected chi connectivity index (χ1v) is 8.66. The molecule has 2 aromatic heterocycles. The maximum atomic E-state index is 5.17. The first kappa shape index (κ1) is 17.7. The number of guanidine groups is 1. The summed E-state index contributed by atoms with van der Waals surface area (Å²) in [7, 11) is 3.44. The largest absolute Gasteiger partial charge is 0.497 e. The van der Waals surface area contributed by atoms with Crippen molar-refractivity contribution in [3.8, 4) is 5.75 Å². The average molecular weight is 352 g/mol. The summed E-state index contributed by atoms with van der Waals surface area (Å²) in [6, 6.07) is 13.9. The van der Waals surface area contributed by atoms with Gasteiger partial charge in [0.25, 0.3) is 0 Å². The highest BCUT2D eigenvalue weighted by molar-refractivity contribution is 5.79. The molecule has 2 N–H and O–H groups in total. The van der Waals surface area contributed by atoms with E-state index in [4.69, 9.17) is 4.74 Å². The zero-order chi connectivity index (χ0) is 18.2. The van der Waals surface area contributed by atoms with E-state index in [1.165, 1.54) is 5.56 Å². The smallest absolute Gasteiger partial charge is 0.191 e. The number of benzene rings is 1. The number of methoxy groups -OCH3 is 1. The van der Waals surface area contributed by atoms with Gasteiger partial charge in [-0.1, -0.05) is 18.2 Å². The molecule has 136 valence electrons. The van der Waals surface area contributed by atoms with E-state index in [9.17, 15) is 0 Å². The SMILES string of the molecule is CN=C(NCCCc1nnc2ccccn12)NCc1ccc(OC)cc1. The van der Waals surface area contributed by atoms with E-state index in [-0.39, 0.29) is 0 Å². The van der Waals surface area contributed by atoms with Crippen LogP contribution >= 0.6 is 0 Å². The van der Waals surface area contributed by atoms with Crippen molar-refractivity contribution in [1.29, 1.82) is 0 Å². The van der Waals surface area contributed by atoms with E-state index in [0.717, 1.165) is 42.6 Å². The minimum Gasteiger partial charge on any atom is -0.497 e. The Morgan fingerprint density at radius 1 is 1.12 bits per heavy atom. The molecule has 0 amide bonds. The fourth-order valence-corrected chi connectivity index (χ4v) is 2.66. The minimum atomic E-state index is 0.707. The van der Waals surface area contributed by atoms with Crippen LogP contribution < -0.4 is 15.4 Å². The van der Waals surface area contributed by atoms with Crippen molar-refractivity contribution in [2.45, 2.75) is 19.4 Å². The molecule has 2 heterocycles. The summed E-state index contributed by atoms with van der Waals surface area (Å²) in [5, 5.41) is 15.1. The number of aliphatic imine (C=N–C) groups is 1. The molecule has 3 aromatic rings. The quantitative estimate of drug-likeness (QED) is 0.387. The molecule has 7 nitrogen and oxygen atoms in total. The third kappa shape index (κ3) is 4.50. The molecule has 0 saturated heterocycles. The summed E-state index contributed by atoms with van der Waals surface area (Å²) in [6.45, 7) is 1.52. The van der Waals surface area contributed by atoms with Gasteiger partial charge in [-0.25, -0.2) is 0 Å². The standard InChI is InChI=1S/C19H24N6O/c1-20-19(22-14-15-8-10-16(26-2)11-9-15)21-12-5-7-18-24-23-17-6-3-4-13-25(17)18/h3-4,6,8-11,13H,5,7,12,14H2,1-2H3,(H2,20,21,22). The molecule has 0 aliphatic rings. The van der Waals surface area contributed by atoms with Crippen LogP contribution in [0.1, 0.15) is 17.8 Å². The fraction of sp³-hybridized carbons (Fsp3) is 0.316. The highest BCUT2D eigenvalue weighted by Gasteiger charge is 2.04. The lowest BCUT2D eigenvalue weighted by molar-refractivity contribution is 0.414. The molecule has 0 saturated carbocycles. The van der Waals surface area contributed by atoms with E-state index in [1.54, 1.807) is 14.2 Å². The van der Waals surface area contributed by atoms with Crippen LogP contribution in [0.4, 0.5) is 0 Å². The molecule has 0 aliphatic heterocycles. The second-order valence-corrected chi connectivity index (χ2v) is 5.85. The van der Waals surface area contributed by atoms with Crippen molar-refractivity contribution in [2.75, 3.05) is 20.7 Å². The third-order valence-corrected chi connectivity index (χ3v) is 4.10. The molecular weight excluding hydrogens is 328 g/mol. The summed E-state index contributed by atoms with van der Waals surface area (Å²) < 4.78 is 7.20. The second-order valence-electron chi connectivity index (χ2n) is 5.85. The highest BCUT2D eigenvalue weighted by atomic mass is 16.5. The van der Waals surface area contributed by atoms with Crippen LogP contribution in [0.15, 0.2) is 53.7 Å². The van der Waals surface area contributed by atoms with Gasteiger partial charge >= 0.3 is 0 Å². The Bertz CT molecular complexity index is 856. The lowest BCUT2D eigenvalue weighted by Gasteiger charge is -2.12. The zero-order valence-corrected chi connectivity index (χ0v) is 15.1. The van der Waals surface area contributed by atoms with Gasteiger partial charge in [0.15, 0.2) is 11.6 Å². The summed E-state index contributed by atoms with van der Waals surface area (Å²) in [5.74, 6) is 2.62. The normalized spacial score (nSPS) is 11.5. The van der Waals surface area contributed by atoms with Crippen LogP contribution in [0, 0.1) is 0 Å². The highest BCUT2D eigenvalue weighted by Crippen LogP contribution is 2.10. The fourth-order valence-electron chi connectivity index (χ4n) is 2.66. The number of fused-ring (bicyclic) bond motifs is 1. The number of hydrogen-bond acceptors (Lipinski definition) is 4. The van der Waals surface area contributed by atoms with Crippen LogP contribution in [0.5, 0.6) is 5.75 Å². The maximum absolute atomic E-state index is 5.17. The number of hydrogen-bond donors (Lipinski definition) is 2. The van der Waals surface area contributed by atoms with Gasteiger partial charge < -0.3 is 15.4 Å². The van der Waals surface area contributed by atoms with Gasteiger partial charge in [-0.05, 0) is 36.2 Å². The van der Waals surface area contributed by atoms with Crippen molar-refractivity contribution in [2.24, 2.45) is 4.99 Å². The monoisotopic (exact) mass is 352 g/mol. The molecule has 26 heavy (non-hydrogen) atoms. The predicted molar refractivity (Wildman–Crippen MR) is 103 cm³/mol. The number of nitrogens with one attached hydrogen (secondary N) is 2. The van der Waals surface area contributed by atoms with Crippen LogP contribution in [-0.4, -0.2) is 41.3 Å². The van der Waals surface area contributed by atoms with Crippen molar-refractivity contribution in [3.05, 3.63) is 60.0 Å². The Kier molecular flexibility index (Phi) is 6.03. The number of aryl methyl sites for hydroxylation is 1. The lowest BCUT2D eigenvalue weighted by atomic mass is 10.2. The van der Waals surface area contributed by atoms with Gasteiger partial charge in [-0.3, -0.25) is 9.39 Å². The molecule has 0 radical (unpaired) electrons. The topological polar surface area (TPSA) is 75.8 Å². The second kappa shape index (κ2) is 8.84. The number of aromatic nitrogens is 3. The van der Waals surface area contributed by atoms with Gasteiger partial charge in [-0.15, -0.1) is 10.2 Å². The molecule has 3 rings (SSSR count). The summed E-state index contributed by atoms with van der Waals surface area (Å²) >= 11 is 0.